The molecule has 0 N–H and O–H groups in total. The van der Waals surface area contributed by atoms with E-state index in [0.29, 0.717) is 6.54 Å². The molecule has 1 amide bonds. The molecule has 0 unspecified atom stereocenters. The molecule has 0 bridgehead atoms. The van der Waals surface area contributed by atoms with Crippen LogP contribution in [0.1, 0.15) is 11.1 Å². The van der Waals surface area contributed by atoms with Crippen molar-refractivity contribution in [3.63, 3.8) is 0 Å². The third kappa shape index (κ3) is 3.99. The van der Waals surface area contributed by atoms with E-state index in [-0.39, 0.29) is 5.91 Å². The second-order valence-corrected chi connectivity index (χ2v) is 6.54. The number of benzene rings is 2. The van der Waals surface area contributed by atoms with Crippen molar-refractivity contribution in [3.05, 3.63) is 53.6 Å². The predicted octanol–water partition coefficient (Wildman–Crippen LogP) is 2.77. The third-order valence-electron chi connectivity index (χ3n) is 4.98. The highest BCUT2D eigenvalue weighted by Gasteiger charge is 2.20. The highest BCUT2D eigenvalue weighted by atomic mass is 16.5. The summed E-state index contributed by atoms with van der Waals surface area (Å²) in [6.07, 6.45) is 1.80. The number of amides is 1. The molecule has 2 aromatic rings. The number of likely N-dealkylation sites (N-methyl/N-ethyl adjacent to an activating group) is 1. The van der Waals surface area contributed by atoms with Crippen LogP contribution in [-0.4, -0.2) is 51.7 Å². The molecular weight excluding hydrogens is 328 g/mol. The van der Waals surface area contributed by atoms with E-state index >= 15 is 0 Å². The first-order chi connectivity index (χ1) is 12.6. The zero-order valence-electron chi connectivity index (χ0n) is 15.7. The van der Waals surface area contributed by atoms with Crippen molar-refractivity contribution in [3.8, 4) is 11.5 Å². The zero-order chi connectivity index (χ0) is 18.5. The summed E-state index contributed by atoms with van der Waals surface area (Å²) >= 11 is 0. The first-order valence-electron chi connectivity index (χ1n) is 8.90. The SMILES string of the molecule is COc1cc2c(cc1OC)CCN(CC(=O)N(C)c1ccccc1)CC2. The average Bonchev–Trinajstić information content (AvgIpc) is 2.88. The van der Waals surface area contributed by atoms with Gasteiger partial charge in [0, 0.05) is 25.8 Å². The number of hydrogen-bond acceptors (Lipinski definition) is 4. The first-order valence-corrected chi connectivity index (χ1v) is 8.90. The van der Waals surface area contributed by atoms with Crippen LogP contribution < -0.4 is 14.4 Å². The molecule has 0 fully saturated rings. The fourth-order valence-electron chi connectivity index (χ4n) is 3.35. The number of carbonyl (C=O) groups is 1. The van der Waals surface area contributed by atoms with Crippen molar-refractivity contribution in [1.82, 2.24) is 4.90 Å². The Labute approximate surface area is 155 Å². The Hall–Kier alpha value is -2.53. The van der Waals surface area contributed by atoms with E-state index in [1.54, 1.807) is 19.1 Å². The maximum absolute atomic E-state index is 12.6. The quantitative estimate of drug-likeness (QED) is 0.828. The van der Waals surface area contributed by atoms with Gasteiger partial charge in [-0.3, -0.25) is 9.69 Å². The molecule has 1 aliphatic rings. The first kappa shape index (κ1) is 18.3. The maximum atomic E-state index is 12.6. The van der Waals surface area contributed by atoms with Crippen LogP contribution in [0.25, 0.3) is 0 Å². The summed E-state index contributed by atoms with van der Waals surface area (Å²) in [5.74, 6) is 1.64. The lowest BCUT2D eigenvalue weighted by Crippen LogP contribution is -2.39. The van der Waals surface area contributed by atoms with Crippen LogP contribution >= 0.6 is 0 Å². The minimum Gasteiger partial charge on any atom is -0.493 e. The van der Waals surface area contributed by atoms with Gasteiger partial charge in [0.2, 0.25) is 5.91 Å². The van der Waals surface area contributed by atoms with Gasteiger partial charge in [-0.25, -0.2) is 0 Å². The van der Waals surface area contributed by atoms with E-state index in [4.69, 9.17) is 9.47 Å². The second kappa shape index (κ2) is 8.23. The number of carbonyl (C=O) groups excluding carboxylic acids is 1. The molecule has 3 rings (SSSR count). The fourth-order valence-corrected chi connectivity index (χ4v) is 3.35. The van der Waals surface area contributed by atoms with E-state index in [9.17, 15) is 4.79 Å². The average molecular weight is 354 g/mol. The summed E-state index contributed by atoms with van der Waals surface area (Å²) in [5, 5.41) is 0. The number of anilines is 1. The molecule has 0 atom stereocenters. The number of rotatable bonds is 5. The molecule has 0 aromatic heterocycles. The third-order valence-corrected chi connectivity index (χ3v) is 4.98. The normalized spacial score (nSPS) is 14.3. The number of nitrogens with zero attached hydrogens (tertiary/aromatic N) is 2. The molecule has 5 heteroatoms. The molecular formula is C21H26N2O3. The standard InChI is InChI=1S/C21H26N2O3/c1-22(18-7-5-4-6-8-18)21(24)15-23-11-9-16-13-19(25-2)20(26-3)14-17(16)10-12-23/h4-8,13-14H,9-12,15H2,1-3H3. The molecule has 2 aromatic carbocycles. The van der Waals surface area contributed by atoms with Gasteiger partial charge in [0.25, 0.3) is 0 Å². The van der Waals surface area contributed by atoms with Crippen LogP contribution in [0.5, 0.6) is 11.5 Å². The lowest BCUT2D eigenvalue weighted by Gasteiger charge is -2.23. The molecule has 0 radical (unpaired) electrons. The fraction of sp³-hybridized carbons (Fsp3) is 0.381. The maximum Gasteiger partial charge on any atom is 0.240 e. The van der Waals surface area contributed by atoms with Crippen LogP contribution in [0.15, 0.2) is 42.5 Å². The highest BCUT2D eigenvalue weighted by molar-refractivity contribution is 5.94. The van der Waals surface area contributed by atoms with Gasteiger partial charge in [-0.15, -0.1) is 0 Å². The van der Waals surface area contributed by atoms with Crippen molar-refractivity contribution < 1.29 is 14.3 Å². The Kier molecular flexibility index (Phi) is 5.78. The van der Waals surface area contributed by atoms with Gasteiger partial charge in [-0.05, 0) is 48.2 Å². The van der Waals surface area contributed by atoms with E-state index in [1.807, 2.05) is 37.4 Å². The van der Waals surface area contributed by atoms with Crippen molar-refractivity contribution >= 4 is 11.6 Å². The predicted molar refractivity (Wildman–Crippen MR) is 103 cm³/mol. The molecule has 0 saturated carbocycles. The van der Waals surface area contributed by atoms with Crippen molar-refractivity contribution in [2.75, 3.05) is 45.8 Å². The summed E-state index contributed by atoms with van der Waals surface area (Å²) < 4.78 is 10.8. The van der Waals surface area contributed by atoms with Gasteiger partial charge in [0.15, 0.2) is 11.5 Å². The molecule has 0 saturated heterocycles. The number of fused-ring (bicyclic) bond motifs is 1. The minimum atomic E-state index is 0.109. The number of methoxy groups -OCH3 is 2. The van der Waals surface area contributed by atoms with Gasteiger partial charge in [0.1, 0.15) is 0 Å². The van der Waals surface area contributed by atoms with Gasteiger partial charge < -0.3 is 14.4 Å². The molecule has 1 aliphatic heterocycles. The molecule has 1 heterocycles. The number of para-hydroxylation sites is 1. The van der Waals surface area contributed by atoms with Crippen LogP contribution in [0.2, 0.25) is 0 Å². The number of ether oxygens (including phenoxy) is 2. The summed E-state index contributed by atoms with van der Waals surface area (Å²) in [6, 6.07) is 13.9. The van der Waals surface area contributed by atoms with Crippen LogP contribution in [0, 0.1) is 0 Å². The summed E-state index contributed by atoms with van der Waals surface area (Å²) in [4.78, 5) is 16.6. The van der Waals surface area contributed by atoms with E-state index in [2.05, 4.69) is 17.0 Å². The van der Waals surface area contributed by atoms with Crippen LogP contribution in [0.3, 0.4) is 0 Å². The topological polar surface area (TPSA) is 42.0 Å². The van der Waals surface area contributed by atoms with E-state index in [0.717, 1.165) is 43.1 Å². The van der Waals surface area contributed by atoms with Crippen LogP contribution in [0.4, 0.5) is 5.69 Å². The van der Waals surface area contributed by atoms with Gasteiger partial charge >= 0.3 is 0 Å². The van der Waals surface area contributed by atoms with E-state index in [1.165, 1.54) is 11.1 Å². The second-order valence-electron chi connectivity index (χ2n) is 6.54. The van der Waals surface area contributed by atoms with Crippen molar-refractivity contribution in [1.29, 1.82) is 0 Å². The van der Waals surface area contributed by atoms with E-state index < -0.39 is 0 Å². The summed E-state index contributed by atoms with van der Waals surface area (Å²) in [5.41, 5.74) is 3.47. The van der Waals surface area contributed by atoms with Gasteiger partial charge in [-0.2, -0.15) is 0 Å². The Bertz CT molecular complexity index is 726. The smallest absolute Gasteiger partial charge is 0.240 e. The summed E-state index contributed by atoms with van der Waals surface area (Å²) in [6.45, 7) is 2.14. The van der Waals surface area contributed by atoms with Gasteiger partial charge in [0.05, 0.1) is 20.8 Å². The molecule has 0 aliphatic carbocycles. The molecule has 26 heavy (non-hydrogen) atoms. The Morgan fingerprint density at radius 2 is 1.54 bits per heavy atom. The monoisotopic (exact) mass is 354 g/mol. The van der Waals surface area contributed by atoms with Gasteiger partial charge in [-0.1, -0.05) is 18.2 Å². The molecule has 138 valence electrons. The summed E-state index contributed by atoms with van der Waals surface area (Å²) in [7, 11) is 5.15. The van der Waals surface area contributed by atoms with Crippen molar-refractivity contribution in [2.24, 2.45) is 0 Å². The van der Waals surface area contributed by atoms with Crippen molar-refractivity contribution in [2.45, 2.75) is 12.8 Å². The Balaban J connectivity index is 1.66. The largest absolute Gasteiger partial charge is 0.493 e. The Morgan fingerprint density at radius 3 is 2.04 bits per heavy atom. The molecule has 0 spiro atoms. The van der Waals surface area contributed by atoms with Crippen LogP contribution in [-0.2, 0) is 17.6 Å². The minimum absolute atomic E-state index is 0.109. The lowest BCUT2D eigenvalue weighted by molar-refractivity contribution is -0.119. The Morgan fingerprint density at radius 1 is 1.00 bits per heavy atom. The molecule has 5 nitrogen and oxygen atoms in total. The lowest BCUT2D eigenvalue weighted by atomic mass is 10.0. The zero-order valence-corrected chi connectivity index (χ0v) is 15.7. The highest BCUT2D eigenvalue weighted by Crippen LogP contribution is 2.32. The number of hydrogen-bond donors (Lipinski definition) is 0.